The lowest BCUT2D eigenvalue weighted by Gasteiger charge is -2.04. The first-order chi connectivity index (χ1) is 8.17. The second-order valence-corrected chi connectivity index (χ2v) is 4.15. The number of nitrogens with zero attached hydrogens (tertiary/aromatic N) is 2. The highest BCUT2D eigenvalue weighted by atomic mass is 79.9. The quantitative estimate of drug-likeness (QED) is 0.946. The van der Waals surface area contributed by atoms with Crippen molar-refractivity contribution in [2.45, 2.75) is 6.61 Å². The number of halogens is 2. The molecule has 0 amide bonds. The fourth-order valence-corrected chi connectivity index (χ4v) is 1.61. The molecule has 2 rings (SSSR count). The maximum absolute atomic E-state index is 13.1. The minimum Gasteiger partial charge on any atom is -0.424 e. The zero-order valence-electron chi connectivity index (χ0n) is 8.60. The van der Waals surface area contributed by atoms with Crippen LogP contribution in [0.4, 0.5) is 4.39 Å². The zero-order valence-corrected chi connectivity index (χ0v) is 10.2. The summed E-state index contributed by atoms with van der Waals surface area (Å²) in [5.74, 6) is -0.116. The molecule has 0 bridgehead atoms. The van der Waals surface area contributed by atoms with Gasteiger partial charge >= 0.3 is 6.01 Å². The van der Waals surface area contributed by atoms with Crippen LogP contribution in [-0.4, -0.2) is 15.1 Å². The van der Waals surface area contributed by atoms with Crippen LogP contribution in [0.15, 0.2) is 35.1 Å². The Kier molecular flexibility index (Phi) is 3.65. The van der Waals surface area contributed by atoms with E-state index in [0.29, 0.717) is 15.8 Å². The van der Waals surface area contributed by atoms with Crippen molar-refractivity contribution < 1.29 is 14.2 Å². The Labute approximate surface area is 105 Å². The van der Waals surface area contributed by atoms with Gasteiger partial charge in [-0.2, -0.15) is 0 Å². The predicted octanol–water partition coefficient (Wildman–Crippen LogP) is 2.66. The number of aliphatic hydroxyl groups excluding tert-OH is 1. The van der Waals surface area contributed by atoms with Crippen LogP contribution in [-0.2, 0) is 6.61 Å². The third-order valence-electron chi connectivity index (χ3n) is 1.91. The summed E-state index contributed by atoms with van der Waals surface area (Å²) in [5.41, 5.74) is 0.581. The summed E-state index contributed by atoms with van der Waals surface area (Å²) in [7, 11) is 0. The van der Waals surface area contributed by atoms with Gasteiger partial charge in [-0.1, -0.05) is 15.9 Å². The number of benzene rings is 1. The molecular weight excluding hydrogens is 291 g/mol. The molecule has 1 aromatic heterocycles. The highest BCUT2D eigenvalue weighted by Crippen LogP contribution is 2.23. The van der Waals surface area contributed by atoms with E-state index >= 15 is 0 Å². The van der Waals surface area contributed by atoms with Crippen molar-refractivity contribution in [3.8, 4) is 11.8 Å². The smallest absolute Gasteiger partial charge is 0.321 e. The van der Waals surface area contributed by atoms with E-state index in [1.165, 1.54) is 24.5 Å². The highest BCUT2D eigenvalue weighted by molar-refractivity contribution is 9.10. The second-order valence-electron chi connectivity index (χ2n) is 3.24. The molecule has 4 nitrogen and oxygen atoms in total. The van der Waals surface area contributed by atoms with E-state index < -0.39 is 5.82 Å². The van der Waals surface area contributed by atoms with Gasteiger partial charge in [0.05, 0.1) is 6.61 Å². The lowest BCUT2D eigenvalue weighted by molar-refractivity contribution is 0.280. The van der Waals surface area contributed by atoms with Gasteiger partial charge in [0, 0.05) is 28.5 Å². The topological polar surface area (TPSA) is 55.2 Å². The summed E-state index contributed by atoms with van der Waals surface area (Å²) in [5, 5.41) is 8.81. The molecular formula is C11H8BrFN2O2. The first kappa shape index (κ1) is 11.9. The van der Waals surface area contributed by atoms with Crippen molar-refractivity contribution in [2.24, 2.45) is 0 Å². The standard InChI is InChI=1S/C11H8BrFN2O2/c12-8-1-9(13)3-10(2-8)17-11-14-4-7(6-16)5-15-11/h1-5,16H,6H2. The van der Waals surface area contributed by atoms with E-state index in [9.17, 15) is 4.39 Å². The molecule has 0 aliphatic heterocycles. The van der Waals surface area contributed by atoms with Crippen LogP contribution in [0.1, 0.15) is 5.56 Å². The van der Waals surface area contributed by atoms with E-state index in [4.69, 9.17) is 9.84 Å². The summed E-state index contributed by atoms with van der Waals surface area (Å²) in [6.07, 6.45) is 2.88. The van der Waals surface area contributed by atoms with Crippen LogP contribution in [0.3, 0.4) is 0 Å². The number of ether oxygens (including phenoxy) is 1. The van der Waals surface area contributed by atoms with Gasteiger partial charge in [-0.25, -0.2) is 14.4 Å². The van der Waals surface area contributed by atoms with E-state index in [-0.39, 0.29) is 12.6 Å². The third kappa shape index (κ3) is 3.21. The van der Waals surface area contributed by atoms with E-state index in [0.717, 1.165) is 0 Å². The Balaban J connectivity index is 2.19. The summed E-state index contributed by atoms with van der Waals surface area (Å²) in [6, 6.07) is 4.25. The summed E-state index contributed by atoms with van der Waals surface area (Å²) < 4.78 is 18.9. The number of aromatic nitrogens is 2. The molecule has 1 N–H and O–H groups in total. The average Bonchev–Trinajstić information content (AvgIpc) is 2.28. The molecule has 0 atom stereocenters. The lowest BCUT2D eigenvalue weighted by atomic mass is 10.3. The van der Waals surface area contributed by atoms with Gasteiger partial charge in [0.1, 0.15) is 11.6 Å². The van der Waals surface area contributed by atoms with Crippen molar-refractivity contribution >= 4 is 15.9 Å². The van der Waals surface area contributed by atoms with Crippen molar-refractivity contribution in [3.05, 3.63) is 46.4 Å². The Morgan fingerprint density at radius 2 is 1.94 bits per heavy atom. The summed E-state index contributed by atoms with van der Waals surface area (Å²) >= 11 is 3.16. The molecule has 0 saturated carbocycles. The monoisotopic (exact) mass is 298 g/mol. The van der Waals surface area contributed by atoms with Crippen LogP contribution in [0.5, 0.6) is 11.8 Å². The Bertz CT molecular complexity index is 499. The maximum atomic E-state index is 13.1. The number of hydrogen-bond donors (Lipinski definition) is 1. The lowest BCUT2D eigenvalue weighted by Crippen LogP contribution is -1.94. The van der Waals surface area contributed by atoms with Crippen LogP contribution < -0.4 is 4.74 Å². The minimum atomic E-state index is -0.415. The Hall–Kier alpha value is -1.53. The molecule has 0 saturated heterocycles. The van der Waals surface area contributed by atoms with Gasteiger partial charge in [0.15, 0.2) is 0 Å². The van der Waals surface area contributed by atoms with E-state index in [1.54, 1.807) is 6.07 Å². The molecule has 0 unspecified atom stereocenters. The van der Waals surface area contributed by atoms with Gasteiger partial charge in [-0.3, -0.25) is 0 Å². The van der Waals surface area contributed by atoms with E-state index in [1.807, 2.05) is 0 Å². The zero-order chi connectivity index (χ0) is 12.3. The van der Waals surface area contributed by atoms with Crippen molar-refractivity contribution in [1.29, 1.82) is 0 Å². The second kappa shape index (κ2) is 5.20. The summed E-state index contributed by atoms with van der Waals surface area (Å²) in [6.45, 7) is -0.133. The number of hydrogen-bond acceptors (Lipinski definition) is 4. The van der Waals surface area contributed by atoms with Gasteiger partial charge in [-0.05, 0) is 12.1 Å². The molecule has 0 radical (unpaired) electrons. The maximum Gasteiger partial charge on any atom is 0.321 e. The molecule has 17 heavy (non-hydrogen) atoms. The molecule has 0 fully saturated rings. The fourth-order valence-electron chi connectivity index (χ4n) is 1.17. The van der Waals surface area contributed by atoms with Crippen LogP contribution >= 0.6 is 15.9 Å². The molecule has 1 heterocycles. The third-order valence-corrected chi connectivity index (χ3v) is 2.37. The SMILES string of the molecule is OCc1cnc(Oc2cc(F)cc(Br)c2)nc1. The first-order valence-corrected chi connectivity index (χ1v) is 5.52. The van der Waals surface area contributed by atoms with Gasteiger partial charge in [0.2, 0.25) is 0 Å². The highest BCUT2D eigenvalue weighted by Gasteiger charge is 2.03. The van der Waals surface area contributed by atoms with Gasteiger partial charge in [-0.15, -0.1) is 0 Å². The Morgan fingerprint density at radius 3 is 2.53 bits per heavy atom. The molecule has 0 aliphatic carbocycles. The van der Waals surface area contributed by atoms with Crippen LogP contribution in [0.2, 0.25) is 0 Å². The number of rotatable bonds is 3. The molecule has 0 aliphatic rings. The first-order valence-electron chi connectivity index (χ1n) is 4.73. The van der Waals surface area contributed by atoms with Crippen molar-refractivity contribution in [2.75, 3.05) is 0 Å². The number of aliphatic hydroxyl groups is 1. The largest absolute Gasteiger partial charge is 0.424 e. The van der Waals surface area contributed by atoms with Gasteiger partial charge < -0.3 is 9.84 Å². The molecule has 1 aromatic carbocycles. The van der Waals surface area contributed by atoms with Gasteiger partial charge in [0.25, 0.3) is 0 Å². The van der Waals surface area contributed by atoms with Crippen LogP contribution in [0.25, 0.3) is 0 Å². The van der Waals surface area contributed by atoms with Crippen molar-refractivity contribution in [3.63, 3.8) is 0 Å². The average molecular weight is 299 g/mol. The normalized spacial score (nSPS) is 10.3. The predicted molar refractivity (Wildman–Crippen MR) is 62.1 cm³/mol. The Morgan fingerprint density at radius 1 is 1.24 bits per heavy atom. The molecule has 6 heteroatoms. The molecule has 0 spiro atoms. The molecule has 2 aromatic rings. The summed E-state index contributed by atoms with van der Waals surface area (Å²) in [4.78, 5) is 7.75. The molecule has 88 valence electrons. The van der Waals surface area contributed by atoms with E-state index in [2.05, 4.69) is 25.9 Å². The minimum absolute atomic E-state index is 0.0969. The van der Waals surface area contributed by atoms with Crippen LogP contribution in [0, 0.1) is 5.82 Å². The fraction of sp³-hybridized carbons (Fsp3) is 0.0909. The van der Waals surface area contributed by atoms with Crippen molar-refractivity contribution in [1.82, 2.24) is 9.97 Å².